The Morgan fingerprint density at radius 3 is 2.71 bits per heavy atom. The summed E-state index contributed by atoms with van der Waals surface area (Å²) >= 11 is 0. The minimum absolute atomic E-state index is 0.123. The number of nitrogens with zero attached hydrogens (tertiary/aromatic N) is 4. The Hall–Kier alpha value is -1.40. The summed E-state index contributed by atoms with van der Waals surface area (Å²) < 4.78 is 5.68. The second-order valence-electron chi connectivity index (χ2n) is 5.83. The van der Waals surface area contributed by atoms with Crippen molar-refractivity contribution < 1.29 is 4.74 Å². The molecule has 6 nitrogen and oxygen atoms in total. The van der Waals surface area contributed by atoms with E-state index in [0.29, 0.717) is 5.88 Å². The number of aryl methyl sites for hydroxylation is 1. The zero-order chi connectivity index (χ0) is 15.2. The fourth-order valence-electron chi connectivity index (χ4n) is 2.32. The van der Waals surface area contributed by atoms with Crippen molar-refractivity contribution in [2.75, 3.05) is 51.2 Å². The van der Waals surface area contributed by atoms with Gasteiger partial charge in [-0.25, -0.2) is 4.98 Å². The van der Waals surface area contributed by atoms with Gasteiger partial charge < -0.3 is 15.0 Å². The van der Waals surface area contributed by atoms with Crippen molar-refractivity contribution in [3.8, 4) is 5.88 Å². The lowest BCUT2D eigenvalue weighted by atomic mass is 10.3. The number of rotatable bonds is 6. The van der Waals surface area contributed by atoms with Crippen LogP contribution >= 0.6 is 0 Å². The van der Waals surface area contributed by atoms with Gasteiger partial charge in [-0.3, -0.25) is 4.90 Å². The van der Waals surface area contributed by atoms with Crippen LogP contribution in [0.4, 0.5) is 5.95 Å². The first-order valence-electron chi connectivity index (χ1n) is 7.71. The van der Waals surface area contributed by atoms with Crippen LogP contribution in [-0.2, 0) is 0 Å². The SMILES string of the molecule is Cc1cc(OC(C)C)nc(N(C)CCN2CCNCC2)n1. The lowest BCUT2D eigenvalue weighted by Crippen LogP contribution is -2.46. The van der Waals surface area contributed by atoms with Gasteiger partial charge in [0.1, 0.15) is 0 Å². The molecule has 1 fully saturated rings. The second-order valence-corrected chi connectivity index (χ2v) is 5.83. The Kier molecular flexibility index (Phi) is 5.76. The molecule has 2 heterocycles. The quantitative estimate of drug-likeness (QED) is 0.841. The average molecular weight is 293 g/mol. The third-order valence-electron chi connectivity index (χ3n) is 3.48. The standard InChI is InChI=1S/C15H27N5O/c1-12(2)21-14-11-13(3)17-15(18-14)19(4)9-10-20-7-5-16-6-8-20/h11-12,16H,5-10H2,1-4H3. The van der Waals surface area contributed by atoms with Crippen LogP contribution in [0, 0.1) is 6.92 Å². The number of likely N-dealkylation sites (N-methyl/N-ethyl adjacent to an activating group) is 1. The van der Waals surface area contributed by atoms with Crippen molar-refractivity contribution >= 4 is 5.95 Å². The van der Waals surface area contributed by atoms with Gasteiger partial charge in [-0.2, -0.15) is 4.98 Å². The molecular weight excluding hydrogens is 266 g/mol. The molecule has 1 N–H and O–H groups in total. The summed E-state index contributed by atoms with van der Waals surface area (Å²) in [4.78, 5) is 13.6. The molecule has 118 valence electrons. The van der Waals surface area contributed by atoms with Gasteiger partial charge in [0.15, 0.2) is 0 Å². The van der Waals surface area contributed by atoms with E-state index in [4.69, 9.17) is 4.74 Å². The average Bonchev–Trinajstić information content (AvgIpc) is 2.44. The van der Waals surface area contributed by atoms with Crippen LogP contribution in [-0.4, -0.2) is 67.3 Å². The van der Waals surface area contributed by atoms with E-state index in [9.17, 15) is 0 Å². The molecule has 0 bridgehead atoms. The van der Waals surface area contributed by atoms with E-state index in [-0.39, 0.29) is 6.10 Å². The van der Waals surface area contributed by atoms with Crippen LogP contribution in [0.15, 0.2) is 6.07 Å². The lowest BCUT2D eigenvalue weighted by molar-refractivity contribution is 0.231. The van der Waals surface area contributed by atoms with Crippen LogP contribution in [0.2, 0.25) is 0 Å². The molecule has 0 atom stereocenters. The number of hydrogen-bond acceptors (Lipinski definition) is 6. The number of hydrogen-bond donors (Lipinski definition) is 1. The Morgan fingerprint density at radius 2 is 2.05 bits per heavy atom. The van der Waals surface area contributed by atoms with Crippen LogP contribution < -0.4 is 15.0 Å². The van der Waals surface area contributed by atoms with Crippen LogP contribution in [0.3, 0.4) is 0 Å². The van der Waals surface area contributed by atoms with Gasteiger partial charge in [0.25, 0.3) is 0 Å². The smallest absolute Gasteiger partial charge is 0.228 e. The molecule has 2 rings (SSSR count). The summed E-state index contributed by atoms with van der Waals surface area (Å²) in [5.74, 6) is 1.39. The molecule has 1 aromatic rings. The number of aromatic nitrogens is 2. The largest absolute Gasteiger partial charge is 0.475 e. The van der Waals surface area contributed by atoms with Gasteiger partial charge in [0.05, 0.1) is 6.10 Å². The van der Waals surface area contributed by atoms with E-state index in [1.54, 1.807) is 0 Å². The zero-order valence-electron chi connectivity index (χ0n) is 13.6. The van der Waals surface area contributed by atoms with Crippen molar-refractivity contribution in [2.24, 2.45) is 0 Å². The predicted octanol–water partition coefficient (Wildman–Crippen LogP) is 0.914. The highest BCUT2D eigenvalue weighted by Crippen LogP contribution is 2.15. The first-order valence-corrected chi connectivity index (χ1v) is 7.71. The minimum atomic E-state index is 0.123. The molecule has 0 saturated carbocycles. The molecule has 1 saturated heterocycles. The van der Waals surface area contributed by atoms with Gasteiger partial charge in [0.2, 0.25) is 11.8 Å². The first kappa shape index (κ1) is 16.0. The highest BCUT2D eigenvalue weighted by molar-refractivity contribution is 5.33. The van der Waals surface area contributed by atoms with Crippen LogP contribution in [0.25, 0.3) is 0 Å². The molecule has 6 heteroatoms. The van der Waals surface area contributed by atoms with Gasteiger partial charge in [-0.05, 0) is 20.8 Å². The molecule has 0 spiro atoms. The fourth-order valence-corrected chi connectivity index (χ4v) is 2.32. The lowest BCUT2D eigenvalue weighted by Gasteiger charge is -2.29. The molecular formula is C15H27N5O. The van der Waals surface area contributed by atoms with E-state index in [2.05, 4.69) is 25.1 Å². The normalized spacial score (nSPS) is 16.2. The summed E-state index contributed by atoms with van der Waals surface area (Å²) in [6, 6.07) is 1.88. The van der Waals surface area contributed by atoms with Crippen molar-refractivity contribution in [3.05, 3.63) is 11.8 Å². The molecule has 1 aliphatic rings. The Morgan fingerprint density at radius 1 is 1.33 bits per heavy atom. The maximum atomic E-state index is 5.68. The van der Waals surface area contributed by atoms with Gasteiger partial charge >= 0.3 is 0 Å². The molecule has 1 aromatic heterocycles. The highest BCUT2D eigenvalue weighted by atomic mass is 16.5. The first-order chi connectivity index (χ1) is 10.0. The summed E-state index contributed by atoms with van der Waals surface area (Å²) in [6.07, 6.45) is 0.123. The third-order valence-corrected chi connectivity index (χ3v) is 3.48. The maximum absolute atomic E-state index is 5.68. The van der Waals surface area contributed by atoms with Crippen molar-refractivity contribution in [1.29, 1.82) is 0 Å². The molecule has 1 aliphatic heterocycles. The summed E-state index contributed by atoms with van der Waals surface area (Å²) in [5.41, 5.74) is 0.935. The fraction of sp³-hybridized carbons (Fsp3) is 0.733. The van der Waals surface area contributed by atoms with Crippen LogP contribution in [0.1, 0.15) is 19.5 Å². The van der Waals surface area contributed by atoms with E-state index in [1.807, 2.05) is 33.9 Å². The Balaban J connectivity index is 1.94. The van der Waals surface area contributed by atoms with Crippen molar-refractivity contribution in [1.82, 2.24) is 20.2 Å². The molecule has 0 aromatic carbocycles. The van der Waals surface area contributed by atoms with Gasteiger partial charge in [-0.1, -0.05) is 0 Å². The summed E-state index contributed by atoms with van der Waals surface area (Å²) in [6.45, 7) is 12.3. The van der Waals surface area contributed by atoms with Crippen molar-refractivity contribution in [2.45, 2.75) is 26.9 Å². The molecule has 21 heavy (non-hydrogen) atoms. The number of anilines is 1. The Labute approximate surface area is 127 Å². The minimum Gasteiger partial charge on any atom is -0.475 e. The third kappa shape index (κ3) is 5.13. The summed E-state index contributed by atoms with van der Waals surface area (Å²) in [7, 11) is 2.04. The van der Waals surface area contributed by atoms with E-state index in [1.165, 1.54) is 0 Å². The second kappa shape index (κ2) is 7.56. The topological polar surface area (TPSA) is 53.5 Å². The van der Waals surface area contributed by atoms with Crippen LogP contribution in [0.5, 0.6) is 5.88 Å². The molecule has 0 aliphatic carbocycles. The summed E-state index contributed by atoms with van der Waals surface area (Å²) in [5, 5.41) is 3.37. The molecule has 0 amide bonds. The van der Waals surface area contributed by atoms with E-state index in [0.717, 1.165) is 50.9 Å². The Bertz CT molecular complexity index is 446. The van der Waals surface area contributed by atoms with E-state index < -0.39 is 0 Å². The molecule has 0 radical (unpaired) electrons. The highest BCUT2D eigenvalue weighted by Gasteiger charge is 2.13. The predicted molar refractivity (Wildman–Crippen MR) is 85.1 cm³/mol. The number of ether oxygens (including phenoxy) is 1. The number of nitrogens with one attached hydrogen (secondary N) is 1. The van der Waals surface area contributed by atoms with E-state index >= 15 is 0 Å². The monoisotopic (exact) mass is 293 g/mol. The number of piperazine rings is 1. The maximum Gasteiger partial charge on any atom is 0.228 e. The van der Waals surface area contributed by atoms with Gasteiger partial charge in [-0.15, -0.1) is 0 Å². The van der Waals surface area contributed by atoms with Gasteiger partial charge in [0, 0.05) is 58.1 Å². The molecule has 0 unspecified atom stereocenters. The van der Waals surface area contributed by atoms with Crippen molar-refractivity contribution in [3.63, 3.8) is 0 Å². The zero-order valence-corrected chi connectivity index (χ0v) is 13.6.